The van der Waals surface area contributed by atoms with Gasteiger partial charge in [-0.25, -0.2) is 4.79 Å². The molecule has 8 heteroatoms. The first-order valence-corrected chi connectivity index (χ1v) is 14.2. The normalized spacial score (nSPS) is 26.1. The lowest BCUT2D eigenvalue weighted by Gasteiger charge is -2.37. The number of ether oxygens (including phenoxy) is 1. The van der Waals surface area contributed by atoms with Gasteiger partial charge in [0.2, 0.25) is 5.91 Å². The van der Waals surface area contributed by atoms with Crippen molar-refractivity contribution in [3.63, 3.8) is 0 Å². The van der Waals surface area contributed by atoms with E-state index in [4.69, 9.17) is 4.74 Å². The zero-order valence-electron chi connectivity index (χ0n) is 21.6. The van der Waals surface area contributed by atoms with Gasteiger partial charge in [0.25, 0.3) is 0 Å². The Bertz CT molecular complexity index is 839. The molecule has 0 aromatic heterocycles. The van der Waals surface area contributed by atoms with E-state index < -0.39 is 5.60 Å². The number of piperidine rings is 1. The van der Waals surface area contributed by atoms with Crippen LogP contribution in [0.25, 0.3) is 0 Å². The van der Waals surface area contributed by atoms with Crippen molar-refractivity contribution in [3.8, 4) is 0 Å². The molecule has 7 nitrogen and oxygen atoms in total. The smallest absolute Gasteiger partial charge is 0.410 e. The highest BCUT2D eigenvalue weighted by Gasteiger charge is 2.39. The number of hydrogen-bond donors (Lipinski definition) is 1. The van der Waals surface area contributed by atoms with Gasteiger partial charge in [-0.2, -0.15) is 0 Å². The number of aryl methyl sites for hydroxylation is 1. The van der Waals surface area contributed by atoms with E-state index in [1.807, 2.05) is 42.3 Å². The molecular formula is C27H42N4O3S. The van der Waals surface area contributed by atoms with Crippen molar-refractivity contribution in [3.05, 3.63) is 35.9 Å². The van der Waals surface area contributed by atoms with Crippen molar-refractivity contribution >= 4 is 23.8 Å². The summed E-state index contributed by atoms with van der Waals surface area (Å²) in [5.74, 6) is 1.40. The topological polar surface area (TPSA) is 65.1 Å². The number of benzene rings is 1. The van der Waals surface area contributed by atoms with E-state index in [0.29, 0.717) is 12.5 Å². The molecule has 0 spiro atoms. The Hall–Kier alpha value is -1.77. The molecule has 3 aliphatic rings. The standard InChI is InChI=1S/C27H42N4O3S/c1-27(2,3)34-26(33)31-14-8-12-22(19-31)24-28-23(20-35-24)25(32)30-17-15-29(16-18-30)13-7-11-21-9-5-4-6-10-21/h4-6,9-10,22-24,28H,7-8,11-20H2,1-3H3. The third kappa shape index (κ3) is 7.61. The van der Waals surface area contributed by atoms with Crippen LogP contribution in [-0.2, 0) is 16.0 Å². The Balaban J connectivity index is 1.18. The highest BCUT2D eigenvalue weighted by Crippen LogP contribution is 2.32. The average molecular weight is 503 g/mol. The zero-order chi connectivity index (χ0) is 24.8. The first-order chi connectivity index (χ1) is 16.8. The third-order valence-corrected chi connectivity index (χ3v) is 8.52. The van der Waals surface area contributed by atoms with Gasteiger partial charge in [0, 0.05) is 50.9 Å². The van der Waals surface area contributed by atoms with Crippen LogP contribution < -0.4 is 5.32 Å². The van der Waals surface area contributed by atoms with E-state index in [1.165, 1.54) is 5.56 Å². The van der Waals surface area contributed by atoms with Gasteiger partial charge >= 0.3 is 6.09 Å². The summed E-state index contributed by atoms with van der Waals surface area (Å²) in [4.78, 5) is 32.1. The van der Waals surface area contributed by atoms with E-state index in [-0.39, 0.29) is 23.4 Å². The fraction of sp³-hybridized carbons (Fsp3) is 0.704. The van der Waals surface area contributed by atoms with Crippen LogP contribution in [0.1, 0.15) is 45.6 Å². The molecule has 0 aliphatic carbocycles. The Morgan fingerprint density at radius 1 is 1.06 bits per heavy atom. The summed E-state index contributed by atoms with van der Waals surface area (Å²) in [7, 11) is 0. The molecule has 0 bridgehead atoms. The van der Waals surface area contributed by atoms with Crippen molar-refractivity contribution in [2.45, 2.75) is 63.5 Å². The maximum Gasteiger partial charge on any atom is 0.410 e. The van der Waals surface area contributed by atoms with Crippen LogP contribution in [0, 0.1) is 5.92 Å². The van der Waals surface area contributed by atoms with Crippen molar-refractivity contribution in [1.82, 2.24) is 20.0 Å². The molecule has 3 aliphatic heterocycles. The molecular weight excluding hydrogens is 460 g/mol. The Labute approximate surface area is 214 Å². The fourth-order valence-corrected chi connectivity index (χ4v) is 6.62. The predicted molar refractivity (Wildman–Crippen MR) is 141 cm³/mol. The Kier molecular flexibility index (Phi) is 9.00. The van der Waals surface area contributed by atoms with Crippen LogP contribution >= 0.6 is 11.8 Å². The van der Waals surface area contributed by atoms with E-state index in [0.717, 1.165) is 70.7 Å². The number of piperazine rings is 1. The summed E-state index contributed by atoms with van der Waals surface area (Å²) >= 11 is 1.84. The molecule has 3 atom stereocenters. The minimum atomic E-state index is -0.478. The van der Waals surface area contributed by atoms with Crippen LogP contribution in [-0.4, -0.2) is 95.3 Å². The summed E-state index contributed by atoms with van der Waals surface area (Å²) in [5, 5.41) is 3.82. The number of nitrogens with zero attached hydrogens (tertiary/aromatic N) is 3. The second kappa shape index (κ2) is 12.0. The molecule has 35 heavy (non-hydrogen) atoms. The van der Waals surface area contributed by atoms with Gasteiger partial charge in [0.15, 0.2) is 0 Å². The van der Waals surface area contributed by atoms with Crippen molar-refractivity contribution in [2.75, 3.05) is 51.6 Å². The van der Waals surface area contributed by atoms with E-state index >= 15 is 0 Å². The van der Waals surface area contributed by atoms with Gasteiger partial charge in [-0.3, -0.25) is 15.0 Å². The first-order valence-electron chi connectivity index (χ1n) is 13.2. The molecule has 2 amide bonds. The molecule has 1 N–H and O–H groups in total. The van der Waals surface area contributed by atoms with Gasteiger partial charge in [0.1, 0.15) is 5.60 Å². The van der Waals surface area contributed by atoms with Crippen LogP contribution in [0.4, 0.5) is 4.79 Å². The quantitative estimate of drug-likeness (QED) is 0.643. The SMILES string of the molecule is CC(C)(C)OC(=O)N1CCCC(C2NC(C(=O)N3CCN(CCCc4ccccc4)CC3)CS2)C1. The summed E-state index contributed by atoms with van der Waals surface area (Å²) in [6, 6.07) is 10.5. The highest BCUT2D eigenvalue weighted by molar-refractivity contribution is 8.00. The molecule has 3 heterocycles. The van der Waals surface area contributed by atoms with Gasteiger partial charge < -0.3 is 14.5 Å². The molecule has 1 aromatic carbocycles. The second-order valence-corrected chi connectivity index (χ2v) is 12.2. The average Bonchev–Trinajstić information content (AvgIpc) is 3.34. The Morgan fingerprint density at radius 3 is 2.51 bits per heavy atom. The molecule has 3 fully saturated rings. The zero-order valence-corrected chi connectivity index (χ0v) is 22.4. The summed E-state index contributed by atoms with van der Waals surface area (Å²) in [6.07, 6.45) is 4.10. The highest BCUT2D eigenvalue weighted by atomic mass is 32.2. The van der Waals surface area contributed by atoms with Crippen LogP contribution in [0.3, 0.4) is 0 Å². The molecule has 4 rings (SSSR count). The maximum atomic E-state index is 13.2. The molecule has 194 valence electrons. The van der Waals surface area contributed by atoms with Crippen LogP contribution in [0.5, 0.6) is 0 Å². The molecule has 1 aromatic rings. The van der Waals surface area contributed by atoms with E-state index in [1.54, 1.807) is 0 Å². The minimum Gasteiger partial charge on any atom is -0.444 e. The largest absolute Gasteiger partial charge is 0.444 e. The van der Waals surface area contributed by atoms with Gasteiger partial charge in [-0.05, 0) is 58.6 Å². The minimum absolute atomic E-state index is 0.119. The van der Waals surface area contributed by atoms with Crippen molar-refractivity contribution in [1.29, 1.82) is 0 Å². The van der Waals surface area contributed by atoms with E-state index in [9.17, 15) is 9.59 Å². The predicted octanol–water partition coefficient (Wildman–Crippen LogP) is 3.44. The van der Waals surface area contributed by atoms with Crippen molar-refractivity contribution in [2.24, 2.45) is 5.92 Å². The van der Waals surface area contributed by atoms with Crippen LogP contribution in [0.2, 0.25) is 0 Å². The summed E-state index contributed by atoms with van der Waals surface area (Å²) in [6.45, 7) is 11.8. The number of hydrogen-bond acceptors (Lipinski definition) is 6. The number of thioether (sulfide) groups is 1. The molecule has 3 unspecified atom stereocenters. The third-order valence-electron chi connectivity index (χ3n) is 7.11. The molecule has 0 saturated carbocycles. The summed E-state index contributed by atoms with van der Waals surface area (Å²) in [5.41, 5.74) is 0.918. The monoisotopic (exact) mass is 502 g/mol. The molecule has 3 saturated heterocycles. The van der Waals surface area contributed by atoms with Gasteiger partial charge in [-0.15, -0.1) is 11.8 Å². The van der Waals surface area contributed by atoms with E-state index in [2.05, 4.69) is 40.5 Å². The molecule has 0 radical (unpaired) electrons. The van der Waals surface area contributed by atoms with Crippen molar-refractivity contribution < 1.29 is 14.3 Å². The second-order valence-electron chi connectivity index (χ2n) is 11.1. The number of carbonyl (C=O) groups excluding carboxylic acids is 2. The fourth-order valence-electron chi connectivity index (χ4n) is 5.22. The number of carbonyl (C=O) groups is 2. The number of amides is 2. The Morgan fingerprint density at radius 2 is 1.80 bits per heavy atom. The first kappa shape index (κ1) is 26.3. The van der Waals surface area contributed by atoms with Gasteiger partial charge in [0.05, 0.1) is 11.4 Å². The van der Waals surface area contributed by atoms with Gasteiger partial charge in [-0.1, -0.05) is 30.3 Å². The number of rotatable bonds is 6. The summed E-state index contributed by atoms with van der Waals surface area (Å²) < 4.78 is 5.58. The maximum absolute atomic E-state index is 13.2. The number of nitrogens with one attached hydrogen (secondary N) is 1. The van der Waals surface area contributed by atoms with Crippen LogP contribution in [0.15, 0.2) is 30.3 Å². The number of likely N-dealkylation sites (tertiary alicyclic amines) is 1. The lowest BCUT2D eigenvalue weighted by atomic mass is 9.97. The lowest BCUT2D eigenvalue weighted by molar-refractivity contribution is -0.134. The lowest BCUT2D eigenvalue weighted by Crippen LogP contribution is -2.55.